The van der Waals surface area contributed by atoms with E-state index < -0.39 is 0 Å². The number of aromatic nitrogens is 3. The van der Waals surface area contributed by atoms with E-state index in [0.29, 0.717) is 5.92 Å². The van der Waals surface area contributed by atoms with Crippen LogP contribution in [0.4, 0.5) is 0 Å². The van der Waals surface area contributed by atoms with E-state index in [9.17, 15) is 0 Å². The van der Waals surface area contributed by atoms with Gasteiger partial charge in [0.15, 0.2) is 11.5 Å². The van der Waals surface area contributed by atoms with E-state index in [-0.39, 0.29) is 0 Å². The van der Waals surface area contributed by atoms with Crippen LogP contribution in [0.2, 0.25) is 0 Å². The molecule has 0 saturated heterocycles. The molecule has 0 saturated carbocycles. The average molecular weight is 296 g/mol. The van der Waals surface area contributed by atoms with Crippen LogP contribution in [0.1, 0.15) is 38.6 Å². The molecule has 0 N–H and O–H groups in total. The minimum absolute atomic E-state index is 0.585. The van der Waals surface area contributed by atoms with E-state index >= 15 is 0 Å². The van der Waals surface area contributed by atoms with Crippen LogP contribution < -0.4 is 0 Å². The van der Waals surface area contributed by atoms with Gasteiger partial charge in [0.2, 0.25) is 0 Å². The van der Waals surface area contributed by atoms with Crippen molar-refractivity contribution in [1.29, 1.82) is 0 Å². The Bertz CT molecular complexity index is 517. The van der Waals surface area contributed by atoms with E-state index in [1.54, 1.807) is 0 Å². The van der Waals surface area contributed by atoms with Gasteiger partial charge in [-0.05, 0) is 46.0 Å². The lowest BCUT2D eigenvalue weighted by Gasteiger charge is -2.01. The maximum Gasteiger partial charge on any atom is 0.157 e. The maximum absolute atomic E-state index is 4.58. The first kappa shape index (κ1) is 12.6. The van der Waals surface area contributed by atoms with Gasteiger partial charge in [-0.2, -0.15) is 5.10 Å². The fraction of sp³-hybridized carbons (Fsp3) is 0.538. The number of hydrogen-bond acceptors (Lipinski definition) is 2. The lowest BCUT2D eigenvalue weighted by molar-refractivity contribution is 0.619. The fourth-order valence-electron chi connectivity index (χ4n) is 1.93. The SMILES string of the molecule is CCCc1cc(Br)n2nc(CC(C)C)nc2c1. The molecule has 17 heavy (non-hydrogen) atoms. The molecule has 0 bridgehead atoms. The zero-order valence-electron chi connectivity index (χ0n) is 10.6. The van der Waals surface area contributed by atoms with Crippen LogP contribution in [-0.2, 0) is 12.8 Å². The van der Waals surface area contributed by atoms with Gasteiger partial charge >= 0.3 is 0 Å². The van der Waals surface area contributed by atoms with Crippen LogP contribution in [0.3, 0.4) is 0 Å². The lowest BCUT2D eigenvalue weighted by atomic mass is 10.1. The summed E-state index contributed by atoms with van der Waals surface area (Å²) in [5.41, 5.74) is 2.26. The van der Waals surface area contributed by atoms with Crippen molar-refractivity contribution in [3.63, 3.8) is 0 Å². The summed E-state index contributed by atoms with van der Waals surface area (Å²) in [6.45, 7) is 6.55. The molecule has 0 aromatic carbocycles. The Balaban J connectivity index is 2.41. The third-order valence-corrected chi connectivity index (χ3v) is 3.19. The van der Waals surface area contributed by atoms with Crippen LogP contribution in [0.15, 0.2) is 16.7 Å². The van der Waals surface area contributed by atoms with Gasteiger partial charge in [0.05, 0.1) is 0 Å². The highest BCUT2D eigenvalue weighted by molar-refractivity contribution is 9.10. The summed E-state index contributed by atoms with van der Waals surface area (Å²) in [7, 11) is 0. The molecule has 2 aromatic heterocycles. The van der Waals surface area contributed by atoms with Crippen molar-refractivity contribution in [2.24, 2.45) is 5.92 Å². The lowest BCUT2D eigenvalue weighted by Crippen LogP contribution is -1.97. The van der Waals surface area contributed by atoms with Crippen molar-refractivity contribution in [2.45, 2.75) is 40.0 Å². The van der Waals surface area contributed by atoms with Crippen LogP contribution >= 0.6 is 15.9 Å². The van der Waals surface area contributed by atoms with Gasteiger partial charge in [-0.1, -0.05) is 27.2 Å². The normalized spacial score (nSPS) is 11.6. The van der Waals surface area contributed by atoms with Crippen LogP contribution in [0, 0.1) is 5.92 Å². The van der Waals surface area contributed by atoms with Gasteiger partial charge < -0.3 is 0 Å². The molecule has 92 valence electrons. The molecule has 3 nitrogen and oxygen atoms in total. The second-order valence-electron chi connectivity index (χ2n) is 4.83. The third-order valence-electron chi connectivity index (χ3n) is 2.63. The zero-order chi connectivity index (χ0) is 12.4. The van der Waals surface area contributed by atoms with Crippen molar-refractivity contribution in [3.05, 3.63) is 28.1 Å². The van der Waals surface area contributed by atoms with Crippen LogP contribution in [-0.4, -0.2) is 14.6 Å². The predicted octanol–water partition coefficient (Wildman–Crippen LogP) is 3.64. The summed E-state index contributed by atoms with van der Waals surface area (Å²) in [5, 5.41) is 4.51. The maximum atomic E-state index is 4.58. The van der Waals surface area contributed by atoms with Gasteiger partial charge in [-0.15, -0.1) is 0 Å². The minimum atomic E-state index is 0.585. The Labute approximate surface area is 110 Å². The second-order valence-corrected chi connectivity index (χ2v) is 5.64. The summed E-state index contributed by atoms with van der Waals surface area (Å²) in [5.74, 6) is 1.51. The molecule has 0 aliphatic carbocycles. The Hall–Kier alpha value is -0.900. The molecular weight excluding hydrogens is 278 g/mol. The van der Waals surface area contributed by atoms with Crippen molar-refractivity contribution in [1.82, 2.24) is 14.6 Å². The Morgan fingerprint density at radius 1 is 1.35 bits per heavy atom. The molecule has 0 spiro atoms. The number of aryl methyl sites for hydroxylation is 1. The highest BCUT2D eigenvalue weighted by Gasteiger charge is 2.09. The molecule has 0 aliphatic heterocycles. The predicted molar refractivity (Wildman–Crippen MR) is 73.2 cm³/mol. The van der Waals surface area contributed by atoms with Gasteiger partial charge in [0, 0.05) is 6.42 Å². The molecule has 2 heterocycles. The first-order valence-electron chi connectivity index (χ1n) is 6.14. The third kappa shape index (κ3) is 2.86. The molecule has 0 atom stereocenters. The summed E-state index contributed by atoms with van der Waals surface area (Å²) in [4.78, 5) is 4.58. The fourth-order valence-corrected chi connectivity index (χ4v) is 2.48. The summed E-state index contributed by atoms with van der Waals surface area (Å²) < 4.78 is 2.86. The minimum Gasteiger partial charge on any atom is -0.212 e. The molecule has 0 fully saturated rings. The van der Waals surface area contributed by atoms with E-state index in [1.165, 1.54) is 5.56 Å². The highest BCUT2D eigenvalue weighted by atomic mass is 79.9. The molecular formula is C13H18BrN3. The van der Waals surface area contributed by atoms with Gasteiger partial charge in [0.1, 0.15) is 4.60 Å². The molecule has 0 amide bonds. The first-order valence-corrected chi connectivity index (χ1v) is 6.93. The first-order chi connectivity index (χ1) is 8.10. The van der Waals surface area contributed by atoms with E-state index in [2.05, 4.69) is 58.9 Å². The van der Waals surface area contributed by atoms with Crippen LogP contribution in [0.5, 0.6) is 0 Å². The van der Waals surface area contributed by atoms with E-state index in [4.69, 9.17) is 0 Å². The molecule has 4 heteroatoms. The Morgan fingerprint density at radius 3 is 2.76 bits per heavy atom. The largest absolute Gasteiger partial charge is 0.212 e. The summed E-state index contributed by atoms with van der Waals surface area (Å²) >= 11 is 3.56. The molecule has 2 rings (SSSR count). The zero-order valence-corrected chi connectivity index (χ0v) is 12.2. The number of halogens is 1. The smallest absolute Gasteiger partial charge is 0.157 e. The van der Waals surface area contributed by atoms with Crippen molar-refractivity contribution in [3.8, 4) is 0 Å². The quantitative estimate of drug-likeness (QED) is 0.806. The monoisotopic (exact) mass is 295 g/mol. The topological polar surface area (TPSA) is 30.2 Å². The molecule has 0 radical (unpaired) electrons. The van der Waals surface area contributed by atoms with Crippen molar-refractivity contribution < 1.29 is 0 Å². The number of fused-ring (bicyclic) bond motifs is 1. The number of nitrogens with zero attached hydrogens (tertiary/aromatic N) is 3. The average Bonchev–Trinajstić information content (AvgIpc) is 2.60. The van der Waals surface area contributed by atoms with E-state index in [0.717, 1.165) is 35.3 Å². The highest BCUT2D eigenvalue weighted by Crippen LogP contribution is 2.17. The van der Waals surface area contributed by atoms with Gasteiger partial charge in [0.25, 0.3) is 0 Å². The van der Waals surface area contributed by atoms with Gasteiger partial charge in [-0.25, -0.2) is 9.50 Å². The van der Waals surface area contributed by atoms with Crippen molar-refractivity contribution in [2.75, 3.05) is 0 Å². The molecule has 0 aliphatic rings. The summed E-state index contributed by atoms with van der Waals surface area (Å²) in [6, 6.07) is 4.26. The number of hydrogen-bond donors (Lipinski definition) is 0. The second kappa shape index (κ2) is 5.17. The van der Waals surface area contributed by atoms with Gasteiger partial charge in [-0.3, -0.25) is 0 Å². The number of rotatable bonds is 4. The van der Waals surface area contributed by atoms with E-state index in [1.807, 2.05) is 4.52 Å². The summed E-state index contributed by atoms with van der Waals surface area (Å²) in [6.07, 6.45) is 3.16. The molecule has 0 unspecified atom stereocenters. The van der Waals surface area contributed by atoms with Crippen molar-refractivity contribution >= 4 is 21.6 Å². The Morgan fingerprint density at radius 2 is 2.12 bits per heavy atom. The molecule has 2 aromatic rings. The number of pyridine rings is 1. The van der Waals surface area contributed by atoms with Crippen LogP contribution in [0.25, 0.3) is 5.65 Å². The standard InChI is InChI=1S/C13H18BrN3/c1-4-5-10-7-11(14)17-13(8-10)15-12(16-17)6-9(2)3/h7-9H,4-6H2,1-3H3. The Kier molecular flexibility index (Phi) is 3.82.